The van der Waals surface area contributed by atoms with Gasteiger partial charge in [0.25, 0.3) is 0 Å². The summed E-state index contributed by atoms with van der Waals surface area (Å²) in [5, 5.41) is 8.17. The molecule has 0 fully saturated rings. The lowest BCUT2D eigenvalue weighted by Gasteiger charge is -2.13. The largest absolute Gasteiger partial charge is 0.361 e. The number of fused-ring (bicyclic) bond motifs is 1. The molecule has 8 heteroatoms. The highest BCUT2D eigenvalue weighted by atomic mass is 31.1. The van der Waals surface area contributed by atoms with E-state index in [2.05, 4.69) is 37.4 Å². The molecule has 0 saturated carbocycles. The minimum atomic E-state index is -0.741. The van der Waals surface area contributed by atoms with Crippen molar-refractivity contribution in [3.8, 4) is 5.88 Å². The number of hydrogen-bond donors (Lipinski definition) is 3. The molecule has 0 aliphatic heterocycles. The number of aromatic nitrogens is 6. The number of nitrogens with zero attached hydrogens (tertiary/aromatic N) is 3. The molecule has 128 valence electrons. The van der Waals surface area contributed by atoms with E-state index in [0.29, 0.717) is 5.88 Å². The highest BCUT2D eigenvalue weighted by molar-refractivity contribution is 7.79. The van der Waals surface area contributed by atoms with E-state index in [0.717, 1.165) is 27.3 Å². The number of hydrogen-bond acceptors (Lipinski definition) is 3. The molecule has 0 aliphatic carbocycles. The summed E-state index contributed by atoms with van der Waals surface area (Å²) < 4.78 is 0. The van der Waals surface area contributed by atoms with Crippen LogP contribution in [0.4, 0.5) is 0 Å². The average Bonchev–Trinajstić information content (AvgIpc) is 3.45. The van der Waals surface area contributed by atoms with E-state index in [9.17, 15) is 0 Å². The van der Waals surface area contributed by atoms with Crippen LogP contribution in [0.25, 0.3) is 11.0 Å². The zero-order valence-electron chi connectivity index (χ0n) is 13.6. The van der Waals surface area contributed by atoms with E-state index in [1.165, 1.54) is 4.85 Å². The second-order valence-corrected chi connectivity index (χ2v) is 7.81. The van der Waals surface area contributed by atoms with Gasteiger partial charge >= 0.3 is 0 Å². The Morgan fingerprint density at radius 1 is 0.808 bits per heavy atom. The third-order valence-corrected chi connectivity index (χ3v) is 6.30. The molecule has 4 heterocycles. The molecular weight excluding hydrogens is 347 g/mol. The number of rotatable bonds is 5. The lowest BCUT2D eigenvalue weighted by Crippen LogP contribution is -2.22. The first-order valence-electron chi connectivity index (χ1n) is 8.13. The van der Waals surface area contributed by atoms with Crippen molar-refractivity contribution in [2.24, 2.45) is 0 Å². The molecule has 0 radical (unpaired) electrons. The van der Waals surface area contributed by atoms with Crippen molar-refractivity contribution >= 4 is 35.3 Å². The van der Waals surface area contributed by atoms with Gasteiger partial charge in [0, 0.05) is 26.4 Å². The van der Waals surface area contributed by atoms with Gasteiger partial charge < -0.3 is 19.8 Å². The standard InChI is InChI=1S/C18H15N6OP/c1-2-6-14-13(5-1)22-23-24(14)25-15-9-10-18(21-15)26(16-7-3-11-19-16)17-8-4-12-20-17/h1-12,19-21H. The van der Waals surface area contributed by atoms with E-state index in [4.69, 9.17) is 4.84 Å². The molecule has 0 amide bonds. The number of benzene rings is 1. The molecule has 26 heavy (non-hydrogen) atoms. The quantitative estimate of drug-likeness (QED) is 0.418. The Morgan fingerprint density at radius 2 is 1.58 bits per heavy atom. The lowest BCUT2D eigenvalue weighted by atomic mass is 10.3. The van der Waals surface area contributed by atoms with Crippen LogP contribution in [0.5, 0.6) is 5.88 Å². The van der Waals surface area contributed by atoms with Gasteiger partial charge in [0.2, 0.25) is 5.88 Å². The predicted octanol–water partition coefficient (Wildman–Crippen LogP) is 2.02. The summed E-state index contributed by atoms with van der Waals surface area (Å²) in [5.74, 6) is 0.612. The second-order valence-electron chi connectivity index (χ2n) is 5.70. The first-order chi connectivity index (χ1) is 12.9. The van der Waals surface area contributed by atoms with Gasteiger partial charge in [-0.2, -0.15) is 0 Å². The third-order valence-electron chi connectivity index (χ3n) is 4.04. The van der Waals surface area contributed by atoms with Crippen molar-refractivity contribution in [1.29, 1.82) is 0 Å². The topological polar surface area (TPSA) is 87.3 Å². The summed E-state index contributed by atoms with van der Waals surface area (Å²) in [6, 6.07) is 19.8. The van der Waals surface area contributed by atoms with Gasteiger partial charge in [-0.05, 0) is 47.7 Å². The number of aromatic amines is 3. The van der Waals surface area contributed by atoms with Crippen molar-refractivity contribution in [2.75, 3.05) is 0 Å². The first-order valence-corrected chi connectivity index (χ1v) is 9.47. The zero-order chi connectivity index (χ0) is 17.3. The van der Waals surface area contributed by atoms with Gasteiger partial charge in [-0.1, -0.05) is 17.0 Å². The van der Waals surface area contributed by atoms with Crippen LogP contribution >= 0.6 is 7.92 Å². The minimum absolute atomic E-state index is 0.612. The summed E-state index contributed by atoms with van der Waals surface area (Å²) in [6.07, 6.45) is 3.88. The molecule has 3 N–H and O–H groups in total. The first kappa shape index (κ1) is 15.0. The van der Waals surface area contributed by atoms with E-state index in [1.54, 1.807) is 0 Å². The van der Waals surface area contributed by atoms with Crippen LogP contribution in [-0.2, 0) is 0 Å². The van der Waals surface area contributed by atoms with Crippen molar-refractivity contribution in [3.63, 3.8) is 0 Å². The van der Waals surface area contributed by atoms with Gasteiger partial charge in [0.05, 0.1) is 16.3 Å². The molecule has 0 unspecified atom stereocenters. The van der Waals surface area contributed by atoms with E-state index < -0.39 is 7.92 Å². The van der Waals surface area contributed by atoms with Crippen molar-refractivity contribution < 1.29 is 4.84 Å². The Labute approximate surface area is 149 Å². The fraction of sp³-hybridized carbons (Fsp3) is 0. The molecule has 0 spiro atoms. The summed E-state index contributed by atoms with van der Waals surface area (Å²) in [4.78, 5) is 17.3. The zero-order valence-corrected chi connectivity index (χ0v) is 14.5. The fourth-order valence-corrected chi connectivity index (χ4v) is 4.97. The summed E-state index contributed by atoms with van der Waals surface area (Å²) in [6.45, 7) is 0. The Balaban J connectivity index is 1.49. The maximum absolute atomic E-state index is 5.87. The molecule has 4 aromatic heterocycles. The normalized spacial score (nSPS) is 11.4. The lowest BCUT2D eigenvalue weighted by molar-refractivity contribution is 0.177. The SMILES string of the molecule is c1c[nH]c(P(c2ccc[nH]2)c2ccc(On3nnc4ccccc43)[nH]2)c1. The maximum Gasteiger partial charge on any atom is 0.227 e. The number of para-hydroxylation sites is 1. The summed E-state index contributed by atoms with van der Waals surface area (Å²) in [5.41, 5.74) is 4.99. The van der Waals surface area contributed by atoms with Crippen LogP contribution in [0, 0.1) is 0 Å². The predicted molar refractivity (Wildman–Crippen MR) is 102 cm³/mol. The second kappa shape index (κ2) is 6.20. The van der Waals surface area contributed by atoms with Gasteiger partial charge in [0.1, 0.15) is 11.0 Å². The van der Waals surface area contributed by atoms with Gasteiger partial charge in [-0.25, -0.2) is 0 Å². The number of nitrogens with one attached hydrogen (secondary N) is 3. The van der Waals surface area contributed by atoms with E-state index >= 15 is 0 Å². The summed E-state index contributed by atoms with van der Waals surface area (Å²) in [7, 11) is -0.741. The Hall–Kier alpha value is -3.31. The Bertz CT molecular complexity index is 1090. The molecule has 0 atom stereocenters. The van der Waals surface area contributed by atoms with Crippen molar-refractivity contribution in [3.05, 3.63) is 73.1 Å². The molecule has 0 bridgehead atoms. The van der Waals surface area contributed by atoms with Crippen molar-refractivity contribution in [2.45, 2.75) is 0 Å². The smallest absolute Gasteiger partial charge is 0.227 e. The molecule has 0 saturated heterocycles. The summed E-state index contributed by atoms with van der Waals surface area (Å²) >= 11 is 0. The van der Waals surface area contributed by atoms with Gasteiger partial charge in [-0.15, -0.1) is 5.10 Å². The third kappa shape index (κ3) is 2.59. The monoisotopic (exact) mass is 362 g/mol. The molecule has 7 nitrogen and oxygen atoms in total. The van der Waals surface area contributed by atoms with Crippen LogP contribution in [0.1, 0.15) is 0 Å². The molecule has 0 aliphatic rings. The Morgan fingerprint density at radius 3 is 2.31 bits per heavy atom. The van der Waals surface area contributed by atoms with Crippen LogP contribution in [0.15, 0.2) is 73.1 Å². The fourth-order valence-electron chi connectivity index (χ4n) is 2.87. The maximum atomic E-state index is 5.87. The highest BCUT2D eigenvalue weighted by Gasteiger charge is 2.20. The number of H-pyrrole nitrogens is 3. The molecule has 5 rings (SSSR count). The van der Waals surface area contributed by atoms with Crippen LogP contribution in [0.2, 0.25) is 0 Å². The molecule has 5 aromatic rings. The van der Waals surface area contributed by atoms with Gasteiger partial charge in [0.15, 0.2) is 0 Å². The van der Waals surface area contributed by atoms with Gasteiger partial charge in [-0.3, -0.25) is 0 Å². The average molecular weight is 362 g/mol. The van der Waals surface area contributed by atoms with Crippen LogP contribution in [0.3, 0.4) is 0 Å². The minimum Gasteiger partial charge on any atom is -0.361 e. The van der Waals surface area contributed by atoms with Crippen LogP contribution in [-0.4, -0.2) is 30.1 Å². The van der Waals surface area contributed by atoms with E-state index in [1.807, 2.05) is 60.9 Å². The molecular formula is C18H15N6OP. The highest BCUT2D eigenvalue weighted by Crippen LogP contribution is 2.31. The van der Waals surface area contributed by atoms with Crippen LogP contribution < -0.4 is 21.1 Å². The molecule has 1 aromatic carbocycles. The van der Waals surface area contributed by atoms with Crippen molar-refractivity contribution in [1.82, 2.24) is 30.1 Å². The Kier molecular flexibility index (Phi) is 3.57. The van der Waals surface area contributed by atoms with E-state index in [-0.39, 0.29) is 0 Å².